The van der Waals surface area contributed by atoms with Gasteiger partial charge in [0.15, 0.2) is 23.4 Å². The number of benzene rings is 1. The quantitative estimate of drug-likeness (QED) is 0.679. The average molecular weight is 445 g/mol. The predicted octanol–water partition coefficient (Wildman–Crippen LogP) is 1.24. The highest BCUT2D eigenvalue weighted by Gasteiger charge is 2.77. The van der Waals surface area contributed by atoms with E-state index in [0.29, 0.717) is 50.5 Å². The molecule has 2 spiro atoms. The Morgan fingerprint density at radius 3 is 2.72 bits per heavy atom. The number of rotatable bonds is 2. The van der Waals surface area contributed by atoms with Crippen LogP contribution in [0, 0.1) is 5.41 Å². The number of ether oxygens (including phenoxy) is 5. The van der Waals surface area contributed by atoms with Crippen molar-refractivity contribution in [3.05, 3.63) is 23.3 Å². The maximum Gasteiger partial charge on any atom is 0.318 e. The fourth-order valence-corrected chi connectivity index (χ4v) is 6.68. The SMILES string of the molecule is CCOC(=O)[C@@]12CC3(CC[C@@]14c1cc5c(cc1CCCN4C(=O)[C@@H]2O)OCO5)OCCO3. The number of carbonyl (C=O) groups is 2. The summed E-state index contributed by atoms with van der Waals surface area (Å²) in [4.78, 5) is 29.0. The van der Waals surface area contributed by atoms with Gasteiger partial charge < -0.3 is 33.7 Å². The lowest BCUT2D eigenvalue weighted by Crippen LogP contribution is -2.64. The number of nitrogens with zero attached hydrogens (tertiary/aromatic N) is 1. The Morgan fingerprint density at radius 1 is 1.22 bits per heavy atom. The number of aliphatic hydroxyl groups excluding tert-OH is 1. The Bertz CT molecular complexity index is 988. The Labute approximate surface area is 185 Å². The lowest BCUT2D eigenvalue weighted by molar-refractivity contribution is -0.241. The van der Waals surface area contributed by atoms with E-state index >= 15 is 0 Å². The second-order valence-electron chi connectivity index (χ2n) is 9.20. The summed E-state index contributed by atoms with van der Waals surface area (Å²) in [6.07, 6.45) is 0.840. The van der Waals surface area contributed by atoms with Crippen molar-refractivity contribution in [3.63, 3.8) is 0 Å². The lowest BCUT2D eigenvalue weighted by atomic mass is 9.55. The van der Waals surface area contributed by atoms with Gasteiger partial charge in [0, 0.05) is 19.4 Å². The zero-order valence-corrected chi connectivity index (χ0v) is 18.1. The maximum atomic E-state index is 13.8. The average Bonchev–Trinajstić information content (AvgIpc) is 3.45. The van der Waals surface area contributed by atoms with Crippen LogP contribution < -0.4 is 9.47 Å². The van der Waals surface area contributed by atoms with Crippen molar-refractivity contribution in [1.29, 1.82) is 0 Å². The molecule has 9 nitrogen and oxygen atoms in total. The molecule has 1 N–H and O–H groups in total. The van der Waals surface area contributed by atoms with E-state index in [4.69, 9.17) is 23.7 Å². The Kier molecular flexibility index (Phi) is 4.32. The Hall–Kier alpha value is -2.36. The second-order valence-corrected chi connectivity index (χ2v) is 9.20. The molecule has 3 atom stereocenters. The molecular weight excluding hydrogens is 418 g/mol. The minimum atomic E-state index is -1.56. The lowest BCUT2D eigenvalue weighted by Gasteiger charge is -2.54. The van der Waals surface area contributed by atoms with Gasteiger partial charge in [-0.3, -0.25) is 9.59 Å². The topological polar surface area (TPSA) is 104 Å². The number of aliphatic hydroxyl groups is 1. The molecule has 1 aromatic carbocycles. The van der Waals surface area contributed by atoms with Crippen molar-refractivity contribution in [3.8, 4) is 11.5 Å². The smallest absolute Gasteiger partial charge is 0.318 e. The number of hydrogen-bond acceptors (Lipinski definition) is 8. The van der Waals surface area contributed by atoms with Crippen LogP contribution in [0.4, 0.5) is 0 Å². The van der Waals surface area contributed by atoms with Gasteiger partial charge in [-0.25, -0.2) is 0 Å². The van der Waals surface area contributed by atoms with Crippen LogP contribution in [-0.4, -0.2) is 66.9 Å². The van der Waals surface area contributed by atoms with Crippen molar-refractivity contribution < 1.29 is 38.4 Å². The first-order valence-electron chi connectivity index (χ1n) is 11.4. The van der Waals surface area contributed by atoms with Crippen LogP contribution in [0.3, 0.4) is 0 Å². The van der Waals surface area contributed by atoms with Gasteiger partial charge in [-0.05, 0) is 49.4 Å². The molecule has 2 saturated heterocycles. The molecule has 5 aliphatic rings. The van der Waals surface area contributed by atoms with E-state index in [1.807, 2.05) is 12.1 Å². The number of fused-ring (bicyclic) bond motifs is 2. The predicted molar refractivity (Wildman–Crippen MR) is 108 cm³/mol. The molecule has 0 radical (unpaired) electrons. The van der Waals surface area contributed by atoms with Gasteiger partial charge in [-0.15, -0.1) is 0 Å². The highest BCUT2D eigenvalue weighted by molar-refractivity contribution is 5.97. The van der Waals surface area contributed by atoms with E-state index in [-0.39, 0.29) is 19.8 Å². The van der Waals surface area contributed by atoms with Crippen LogP contribution in [0.15, 0.2) is 12.1 Å². The van der Waals surface area contributed by atoms with E-state index < -0.39 is 34.7 Å². The standard InChI is InChI=1S/C23H27NO8/c1-2-28-20(27)22-12-21(31-8-9-32-21)5-6-23(22)15-11-17-16(29-13-30-17)10-14(15)4-3-7-24(23)19(26)18(22)25/h10-11,18,25H,2-9,12-13H2,1H3/t18-,22-,23+/m0/s1. The molecule has 1 aliphatic carbocycles. The van der Waals surface area contributed by atoms with E-state index in [1.165, 1.54) is 0 Å². The number of aryl methyl sites for hydroxylation is 1. The summed E-state index contributed by atoms with van der Waals surface area (Å²) in [7, 11) is 0. The van der Waals surface area contributed by atoms with Gasteiger partial charge in [0.25, 0.3) is 5.91 Å². The molecule has 4 aliphatic heterocycles. The summed E-state index contributed by atoms with van der Waals surface area (Å²) < 4.78 is 28.8. The molecule has 1 amide bonds. The Balaban J connectivity index is 1.62. The number of esters is 1. The van der Waals surface area contributed by atoms with Gasteiger partial charge in [0.1, 0.15) is 5.41 Å². The molecule has 172 valence electrons. The molecular formula is C23H27NO8. The van der Waals surface area contributed by atoms with Crippen molar-refractivity contribution in [2.45, 2.75) is 56.5 Å². The molecule has 0 unspecified atom stereocenters. The normalized spacial score (nSPS) is 34.1. The van der Waals surface area contributed by atoms with Crippen LogP contribution in [0.1, 0.15) is 43.7 Å². The third-order valence-corrected chi connectivity index (χ3v) is 7.91. The molecule has 6 rings (SSSR count). The molecule has 0 bridgehead atoms. The van der Waals surface area contributed by atoms with Crippen molar-refractivity contribution in [2.75, 3.05) is 33.2 Å². The monoisotopic (exact) mass is 445 g/mol. The highest BCUT2D eigenvalue weighted by Crippen LogP contribution is 2.66. The summed E-state index contributed by atoms with van der Waals surface area (Å²) >= 11 is 0. The number of amides is 1. The van der Waals surface area contributed by atoms with E-state index in [1.54, 1.807) is 11.8 Å². The first kappa shape index (κ1) is 20.3. The summed E-state index contributed by atoms with van der Waals surface area (Å²) in [6.45, 7) is 3.25. The third-order valence-electron chi connectivity index (χ3n) is 7.91. The summed E-state index contributed by atoms with van der Waals surface area (Å²) in [6, 6.07) is 3.84. The zero-order valence-electron chi connectivity index (χ0n) is 18.1. The van der Waals surface area contributed by atoms with Gasteiger partial charge in [0.2, 0.25) is 6.79 Å². The minimum absolute atomic E-state index is 0.0517. The molecule has 9 heteroatoms. The van der Waals surface area contributed by atoms with Crippen LogP contribution >= 0.6 is 0 Å². The van der Waals surface area contributed by atoms with Crippen LogP contribution in [-0.2, 0) is 35.8 Å². The highest BCUT2D eigenvalue weighted by atomic mass is 16.7. The van der Waals surface area contributed by atoms with E-state index in [2.05, 4.69) is 0 Å². The summed E-state index contributed by atoms with van der Waals surface area (Å²) in [5.74, 6) is -0.807. The summed E-state index contributed by atoms with van der Waals surface area (Å²) in [5, 5.41) is 11.5. The minimum Gasteiger partial charge on any atom is -0.465 e. The third kappa shape index (κ3) is 2.34. The van der Waals surface area contributed by atoms with Crippen molar-refractivity contribution >= 4 is 11.9 Å². The Morgan fingerprint density at radius 2 is 1.97 bits per heavy atom. The van der Waals surface area contributed by atoms with Crippen LogP contribution in [0.2, 0.25) is 0 Å². The summed E-state index contributed by atoms with van der Waals surface area (Å²) in [5.41, 5.74) is -0.819. The van der Waals surface area contributed by atoms with Gasteiger partial charge in [-0.2, -0.15) is 0 Å². The van der Waals surface area contributed by atoms with Gasteiger partial charge in [0.05, 0.1) is 25.4 Å². The van der Waals surface area contributed by atoms with E-state index in [9.17, 15) is 14.7 Å². The van der Waals surface area contributed by atoms with Crippen LogP contribution in [0.25, 0.3) is 0 Å². The molecule has 32 heavy (non-hydrogen) atoms. The zero-order chi connectivity index (χ0) is 22.1. The fraction of sp³-hybridized carbons (Fsp3) is 0.652. The molecule has 1 aromatic rings. The van der Waals surface area contributed by atoms with Crippen LogP contribution in [0.5, 0.6) is 11.5 Å². The molecule has 1 saturated carbocycles. The first-order valence-corrected chi connectivity index (χ1v) is 11.4. The largest absolute Gasteiger partial charge is 0.465 e. The molecule has 3 fully saturated rings. The van der Waals surface area contributed by atoms with E-state index in [0.717, 1.165) is 17.5 Å². The van der Waals surface area contributed by atoms with Crippen molar-refractivity contribution in [1.82, 2.24) is 4.90 Å². The molecule has 0 aromatic heterocycles. The number of carbonyl (C=O) groups excluding carboxylic acids is 2. The van der Waals surface area contributed by atoms with Gasteiger partial charge in [-0.1, -0.05) is 0 Å². The first-order chi connectivity index (χ1) is 15.5. The van der Waals surface area contributed by atoms with Gasteiger partial charge >= 0.3 is 5.97 Å². The maximum absolute atomic E-state index is 13.8. The molecule has 4 heterocycles. The fourth-order valence-electron chi connectivity index (χ4n) is 6.68. The number of hydrogen-bond donors (Lipinski definition) is 1. The van der Waals surface area contributed by atoms with Crippen molar-refractivity contribution in [2.24, 2.45) is 5.41 Å². The second kappa shape index (κ2) is 6.82.